The molecule has 2 aromatic carbocycles. The predicted octanol–water partition coefficient (Wildman–Crippen LogP) is 6.02. The van der Waals surface area contributed by atoms with E-state index in [0.29, 0.717) is 35.0 Å². The smallest absolute Gasteiger partial charge is 0.335 e. The summed E-state index contributed by atoms with van der Waals surface area (Å²) in [5, 5.41) is 20.9. The molecule has 0 aliphatic carbocycles. The van der Waals surface area contributed by atoms with Crippen LogP contribution in [0.25, 0.3) is 0 Å². The fourth-order valence-electron chi connectivity index (χ4n) is 3.60. The molecule has 0 spiro atoms. The molecule has 3 rings (SSSR count). The van der Waals surface area contributed by atoms with Crippen molar-refractivity contribution >= 4 is 29.3 Å². The maximum Gasteiger partial charge on any atom is 0.335 e. The Morgan fingerprint density at radius 3 is 2.33 bits per heavy atom. The van der Waals surface area contributed by atoms with Gasteiger partial charge in [-0.1, -0.05) is 57.7 Å². The lowest BCUT2D eigenvalue weighted by Crippen LogP contribution is -2.23. The van der Waals surface area contributed by atoms with Gasteiger partial charge in [0, 0.05) is 12.2 Å². The summed E-state index contributed by atoms with van der Waals surface area (Å²) in [6.07, 6.45) is -0.335. The summed E-state index contributed by atoms with van der Waals surface area (Å²) >= 11 is 1.31. The van der Waals surface area contributed by atoms with Crippen molar-refractivity contribution in [3.63, 3.8) is 0 Å². The Labute approximate surface area is 216 Å². The number of carboxylic acids is 1. The maximum atomic E-state index is 12.8. The molecule has 0 saturated carbocycles. The van der Waals surface area contributed by atoms with Crippen LogP contribution in [0.1, 0.15) is 75.3 Å². The number of rotatable bonds is 11. The van der Waals surface area contributed by atoms with Gasteiger partial charge in [0.15, 0.2) is 17.1 Å². The first-order valence-electron chi connectivity index (χ1n) is 12.1. The Bertz CT molecular complexity index is 1190. The standard InChI is InChI=1S/C27H34N4O4S/c1-16(2)15-31-24(18(5)35-23-12-10-20(11-13-23)17(3)4)29-30-27(31)36-19(6)25(32)28-22-9-7-8-21(14-22)26(33)34/h7-14,16-19H,15H2,1-6H3,(H,28,32)(H,33,34). The van der Waals surface area contributed by atoms with Crippen LogP contribution in [0.15, 0.2) is 53.7 Å². The number of hydrogen-bond acceptors (Lipinski definition) is 6. The normalized spacial score (nSPS) is 13.0. The summed E-state index contributed by atoms with van der Waals surface area (Å²) in [5.41, 5.74) is 1.79. The first-order valence-corrected chi connectivity index (χ1v) is 12.9. The molecule has 0 bridgehead atoms. The summed E-state index contributed by atoms with van der Waals surface area (Å²) in [7, 11) is 0. The highest BCUT2D eigenvalue weighted by molar-refractivity contribution is 8.00. The highest BCUT2D eigenvalue weighted by Crippen LogP contribution is 2.29. The zero-order chi connectivity index (χ0) is 26.4. The molecule has 0 saturated heterocycles. The molecule has 8 nitrogen and oxygen atoms in total. The molecular weight excluding hydrogens is 476 g/mol. The zero-order valence-electron chi connectivity index (χ0n) is 21.6. The van der Waals surface area contributed by atoms with E-state index in [1.54, 1.807) is 19.1 Å². The van der Waals surface area contributed by atoms with Crippen molar-refractivity contribution in [2.45, 2.75) is 70.5 Å². The zero-order valence-corrected chi connectivity index (χ0v) is 22.4. The summed E-state index contributed by atoms with van der Waals surface area (Å²) < 4.78 is 8.18. The van der Waals surface area contributed by atoms with E-state index >= 15 is 0 Å². The Morgan fingerprint density at radius 2 is 1.72 bits per heavy atom. The van der Waals surface area contributed by atoms with Gasteiger partial charge in [-0.05, 0) is 61.6 Å². The molecule has 0 fully saturated rings. The van der Waals surface area contributed by atoms with Gasteiger partial charge in [-0.25, -0.2) is 4.79 Å². The highest BCUT2D eigenvalue weighted by Gasteiger charge is 2.24. The van der Waals surface area contributed by atoms with Crippen LogP contribution in [0.3, 0.4) is 0 Å². The van der Waals surface area contributed by atoms with Crippen LogP contribution in [0.2, 0.25) is 0 Å². The van der Waals surface area contributed by atoms with Gasteiger partial charge in [-0.3, -0.25) is 4.79 Å². The molecule has 36 heavy (non-hydrogen) atoms. The lowest BCUT2D eigenvalue weighted by atomic mass is 10.0. The number of thioether (sulfide) groups is 1. The van der Waals surface area contributed by atoms with Crippen molar-refractivity contribution < 1.29 is 19.4 Å². The van der Waals surface area contributed by atoms with Gasteiger partial charge in [-0.15, -0.1) is 10.2 Å². The van der Waals surface area contributed by atoms with Gasteiger partial charge < -0.3 is 19.7 Å². The lowest BCUT2D eigenvalue weighted by Gasteiger charge is -2.19. The average molecular weight is 511 g/mol. The van der Waals surface area contributed by atoms with E-state index in [0.717, 1.165) is 5.75 Å². The van der Waals surface area contributed by atoms with Crippen molar-refractivity contribution in [1.29, 1.82) is 0 Å². The Morgan fingerprint density at radius 1 is 1.03 bits per heavy atom. The van der Waals surface area contributed by atoms with Gasteiger partial charge in [-0.2, -0.15) is 0 Å². The average Bonchev–Trinajstić information content (AvgIpc) is 3.20. The Hall–Kier alpha value is -3.33. The number of ether oxygens (including phenoxy) is 1. The van der Waals surface area contributed by atoms with E-state index in [4.69, 9.17) is 4.74 Å². The van der Waals surface area contributed by atoms with Crippen LogP contribution in [0.4, 0.5) is 5.69 Å². The second kappa shape index (κ2) is 12.1. The molecular formula is C27H34N4O4S. The van der Waals surface area contributed by atoms with E-state index in [1.165, 1.54) is 29.5 Å². The van der Waals surface area contributed by atoms with Crippen molar-refractivity contribution in [2.75, 3.05) is 5.32 Å². The number of anilines is 1. The van der Waals surface area contributed by atoms with Crippen molar-refractivity contribution in [3.05, 3.63) is 65.5 Å². The maximum absolute atomic E-state index is 12.8. The molecule has 2 N–H and O–H groups in total. The number of nitrogens with one attached hydrogen (secondary N) is 1. The Kier molecular flexibility index (Phi) is 9.14. The fraction of sp³-hybridized carbons (Fsp3) is 0.407. The fourth-order valence-corrected chi connectivity index (χ4v) is 4.46. The molecule has 9 heteroatoms. The molecule has 0 aliphatic rings. The highest BCUT2D eigenvalue weighted by atomic mass is 32.2. The molecule has 1 amide bonds. The Balaban J connectivity index is 1.74. The minimum absolute atomic E-state index is 0.113. The van der Waals surface area contributed by atoms with E-state index in [2.05, 4.69) is 55.3 Å². The molecule has 192 valence electrons. The van der Waals surface area contributed by atoms with Crippen LogP contribution in [-0.4, -0.2) is 37.0 Å². The van der Waals surface area contributed by atoms with Crippen LogP contribution in [0.5, 0.6) is 5.75 Å². The number of hydrogen-bond donors (Lipinski definition) is 2. The van der Waals surface area contributed by atoms with Crippen molar-refractivity contribution in [3.8, 4) is 5.75 Å². The second-order valence-corrected chi connectivity index (χ2v) is 10.8. The summed E-state index contributed by atoms with van der Waals surface area (Å²) in [4.78, 5) is 24.0. The molecule has 3 aromatic rings. The predicted molar refractivity (Wildman–Crippen MR) is 142 cm³/mol. The van der Waals surface area contributed by atoms with Gasteiger partial charge in [0.25, 0.3) is 0 Å². The number of carboxylic acid groups (broad SMARTS) is 1. The van der Waals surface area contributed by atoms with Gasteiger partial charge in [0.1, 0.15) is 5.75 Å². The number of amides is 1. The molecule has 2 atom stereocenters. The SMILES string of the molecule is CC(C)Cn1c(SC(C)C(=O)Nc2cccc(C(=O)O)c2)nnc1C(C)Oc1ccc(C(C)C)cc1. The topological polar surface area (TPSA) is 106 Å². The van der Waals surface area contributed by atoms with Gasteiger partial charge in [0.2, 0.25) is 5.91 Å². The van der Waals surface area contributed by atoms with Crippen LogP contribution in [0, 0.1) is 5.92 Å². The minimum Gasteiger partial charge on any atom is -0.483 e. The van der Waals surface area contributed by atoms with Gasteiger partial charge in [0.05, 0.1) is 10.8 Å². The first kappa shape index (κ1) is 27.3. The third kappa shape index (κ3) is 7.10. The summed E-state index contributed by atoms with van der Waals surface area (Å²) in [6.45, 7) is 12.9. The van der Waals surface area contributed by atoms with Gasteiger partial charge >= 0.3 is 5.97 Å². The van der Waals surface area contributed by atoms with Crippen molar-refractivity contribution in [1.82, 2.24) is 14.8 Å². The minimum atomic E-state index is -1.05. The number of carbonyl (C=O) groups excluding carboxylic acids is 1. The van der Waals surface area contributed by atoms with Crippen LogP contribution < -0.4 is 10.1 Å². The molecule has 1 heterocycles. The second-order valence-electron chi connectivity index (χ2n) is 9.46. The van der Waals surface area contributed by atoms with E-state index in [1.807, 2.05) is 23.6 Å². The third-order valence-corrected chi connectivity index (χ3v) is 6.63. The van der Waals surface area contributed by atoms with E-state index in [9.17, 15) is 14.7 Å². The first-order chi connectivity index (χ1) is 17.0. The molecule has 0 aliphatic heterocycles. The van der Waals surface area contributed by atoms with E-state index < -0.39 is 11.2 Å². The molecule has 0 radical (unpaired) electrons. The summed E-state index contributed by atoms with van der Waals surface area (Å²) in [6, 6.07) is 14.2. The number of benzene rings is 2. The number of nitrogens with zero attached hydrogens (tertiary/aromatic N) is 3. The summed E-state index contributed by atoms with van der Waals surface area (Å²) in [5.74, 6) is 0.940. The third-order valence-electron chi connectivity index (χ3n) is 5.54. The molecule has 1 aromatic heterocycles. The van der Waals surface area contributed by atoms with Crippen LogP contribution in [-0.2, 0) is 11.3 Å². The number of aromatic carboxylic acids is 1. The van der Waals surface area contributed by atoms with Crippen LogP contribution >= 0.6 is 11.8 Å². The monoisotopic (exact) mass is 510 g/mol. The van der Waals surface area contributed by atoms with E-state index in [-0.39, 0.29) is 17.6 Å². The quantitative estimate of drug-likeness (QED) is 0.304. The number of carbonyl (C=O) groups is 2. The number of aromatic nitrogens is 3. The lowest BCUT2D eigenvalue weighted by molar-refractivity contribution is -0.115. The largest absolute Gasteiger partial charge is 0.483 e. The van der Waals surface area contributed by atoms with Crippen molar-refractivity contribution in [2.24, 2.45) is 5.92 Å². The molecule has 2 unspecified atom stereocenters.